The van der Waals surface area contributed by atoms with Gasteiger partial charge in [0.15, 0.2) is 0 Å². The van der Waals surface area contributed by atoms with Crippen molar-refractivity contribution < 1.29 is 8.78 Å². The fraction of sp³-hybridized carbons (Fsp3) is 0.600. The summed E-state index contributed by atoms with van der Waals surface area (Å²) in [6, 6.07) is 0. The summed E-state index contributed by atoms with van der Waals surface area (Å²) in [5.74, 6) is 3.96. The first-order valence-corrected chi connectivity index (χ1v) is 2.04. The highest BCUT2D eigenvalue weighted by atomic mass is 19.3. The van der Waals surface area contributed by atoms with E-state index in [0.29, 0.717) is 6.42 Å². The van der Waals surface area contributed by atoms with Crippen molar-refractivity contribution in [2.24, 2.45) is 0 Å². The Kier molecular flexibility index (Phi) is 3.31. The molecule has 0 atom stereocenters. The van der Waals surface area contributed by atoms with Gasteiger partial charge in [0.2, 0.25) is 0 Å². The zero-order chi connectivity index (χ0) is 5.70. The third kappa shape index (κ3) is 5.42. The molecule has 40 valence electrons. The van der Waals surface area contributed by atoms with E-state index in [4.69, 9.17) is 0 Å². The largest absolute Gasteiger partial charge is 0.298 e. The average molecular weight is 104 g/mol. The SMILES string of the molecule is CCC#CC(F)F. The lowest BCUT2D eigenvalue weighted by molar-refractivity contribution is 0.215. The minimum Gasteiger partial charge on any atom is -0.196 e. The van der Waals surface area contributed by atoms with Crippen LogP contribution in [0.15, 0.2) is 0 Å². The molecule has 2 heteroatoms. The molecule has 0 bridgehead atoms. The van der Waals surface area contributed by atoms with E-state index in [1.54, 1.807) is 12.8 Å². The quantitative estimate of drug-likeness (QED) is 0.410. The molecule has 0 aromatic heterocycles. The molecule has 0 aliphatic heterocycles. The zero-order valence-electron chi connectivity index (χ0n) is 4.04. The molecule has 0 aromatic rings. The highest BCUT2D eigenvalue weighted by Crippen LogP contribution is 1.86. The molecule has 0 nitrogen and oxygen atoms in total. The maximum atomic E-state index is 11.0. The van der Waals surface area contributed by atoms with Gasteiger partial charge in [-0.25, -0.2) is 0 Å². The van der Waals surface area contributed by atoms with Crippen LogP contribution in [0.4, 0.5) is 8.78 Å². The van der Waals surface area contributed by atoms with Gasteiger partial charge in [0.25, 0.3) is 6.43 Å². The molecule has 0 rings (SSSR count). The lowest BCUT2D eigenvalue weighted by Gasteiger charge is -1.75. The summed E-state index contributed by atoms with van der Waals surface area (Å²) in [5.41, 5.74) is 0. The fourth-order valence-corrected chi connectivity index (χ4v) is 0.179. The van der Waals surface area contributed by atoms with Crippen molar-refractivity contribution in [3.8, 4) is 11.8 Å². The first kappa shape index (κ1) is 6.42. The van der Waals surface area contributed by atoms with Crippen LogP contribution in [0, 0.1) is 11.8 Å². The van der Waals surface area contributed by atoms with Crippen LogP contribution in [-0.2, 0) is 0 Å². The summed E-state index contributed by atoms with van der Waals surface area (Å²) in [4.78, 5) is 0. The van der Waals surface area contributed by atoms with Crippen LogP contribution in [0.2, 0.25) is 0 Å². The summed E-state index contributed by atoms with van der Waals surface area (Å²) in [5, 5.41) is 0. The van der Waals surface area contributed by atoms with Crippen molar-refractivity contribution in [2.75, 3.05) is 0 Å². The van der Waals surface area contributed by atoms with Gasteiger partial charge in [-0.1, -0.05) is 12.8 Å². The highest BCUT2D eigenvalue weighted by molar-refractivity contribution is 4.99. The predicted molar refractivity (Wildman–Crippen MR) is 24.1 cm³/mol. The van der Waals surface area contributed by atoms with E-state index in [2.05, 4.69) is 5.92 Å². The number of rotatable bonds is 0. The topological polar surface area (TPSA) is 0 Å². The lowest BCUT2D eigenvalue weighted by atomic mass is 10.5. The standard InChI is InChI=1S/C5H6F2/c1-2-3-4-5(6)7/h5H,2H2,1H3. The van der Waals surface area contributed by atoms with Crippen molar-refractivity contribution in [3.05, 3.63) is 0 Å². The number of halogens is 2. The van der Waals surface area contributed by atoms with E-state index in [1.807, 2.05) is 0 Å². The first-order valence-electron chi connectivity index (χ1n) is 2.04. The third-order valence-electron chi connectivity index (χ3n) is 0.388. The first-order chi connectivity index (χ1) is 3.27. The Balaban J connectivity index is 3.24. The summed E-state index contributed by atoms with van der Waals surface area (Å²) in [6.45, 7) is 1.73. The highest BCUT2D eigenvalue weighted by Gasteiger charge is 1.88. The second-order valence-corrected chi connectivity index (χ2v) is 0.975. The Labute approximate surface area is 41.5 Å². The molecule has 0 aliphatic carbocycles. The van der Waals surface area contributed by atoms with Crippen molar-refractivity contribution in [3.63, 3.8) is 0 Å². The van der Waals surface area contributed by atoms with Gasteiger partial charge in [-0.2, -0.15) is 8.78 Å². The number of hydrogen-bond acceptors (Lipinski definition) is 0. The van der Waals surface area contributed by atoms with Gasteiger partial charge in [0.1, 0.15) is 0 Å². The molecule has 0 unspecified atom stereocenters. The zero-order valence-corrected chi connectivity index (χ0v) is 4.04. The van der Waals surface area contributed by atoms with Gasteiger partial charge in [-0.3, -0.25) is 0 Å². The molecule has 0 heterocycles. The van der Waals surface area contributed by atoms with Gasteiger partial charge in [-0.05, 0) is 5.92 Å². The summed E-state index contributed by atoms with van der Waals surface area (Å²) in [6.07, 6.45) is -1.95. The Bertz CT molecular complexity index is 86.0. The molecule has 0 saturated carbocycles. The molecule has 7 heavy (non-hydrogen) atoms. The minimum absolute atomic E-state index is 0.504. The molecule has 0 fully saturated rings. The molecule has 0 aromatic carbocycles. The molecular formula is C5H6F2. The smallest absolute Gasteiger partial charge is 0.196 e. The van der Waals surface area contributed by atoms with E-state index < -0.39 is 6.43 Å². The Morgan fingerprint density at radius 3 is 2.29 bits per heavy atom. The van der Waals surface area contributed by atoms with Crippen LogP contribution in [0.25, 0.3) is 0 Å². The summed E-state index contributed by atoms with van der Waals surface area (Å²) < 4.78 is 22.1. The third-order valence-corrected chi connectivity index (χ3v) is 0.388. The molecule has 0 radical (unpaired) electrons. The van der Waals surface area contributed by atoms with E-state index in [1.165, 1.54) is 0 Å². The fourth-order valence-electron chi connectivity index (χ4n) is 0.179. The van der Waals surface area contributed by atoms with Crippen molar-refractivity contribution in [2.45, 2.75) is 19.8 Å². The maximum absolute atomic E-state index is 11.0. The van der Waals surface area contributed by atoms with Crippen LogP contribution in [0.1, 0.15) is 13.3 Å². The van der Waals surface area contributed by atoms with E-state index in [0.717, 1.165) is 0 Å². The lowest BCUT2D eigenvalue weighted by Crippen LogP contribution is -1.79. The summed E-state index contributed by atoms with van der Waals surface area (Å²) >= 11 is 0. The van der Waals surface area contributed by atoms with E-state index >= 15 is 0 Å². The molecule has 0 aliphatic rings. The molecule has 0 amide bonds. The monoisotopic (exact) mass is 104 g/mol. The van der Waals surface area contributed by atoms with Gasteiger partial charge < -0.3 is 0 Å². The Morgan fingerprint density at radius 2 is 2.14 bits per heavy atom. The van der Waals surface area contributed by atoms with E-state index in [9.17, 15) is 8.78 Å². The molecule has 0 spiro atoms. The van der Waals surface area contributed by atoms with Crippen LogP contribution >= 0.6 is 0 Å². The van der Waals surface area contributed by atoms with Crippen molar-refractivity contribution in [1.82, 2.24) is 0 Å². The van der Waals surface area contributed by atoms with Gasteiger partial charge in [0.05, 0.1) is 0 Å². The second-order valence-electron chi connectivity index (χ2n) is 0.975. The van der Waals surface area contributed by atoms with Crippen LogP contribution in [0.5, 0.6) is 0 Å². The van der Waals surface area contributed by atoms with Crippen LogP contribution in [-0.4, -0.2) is 6.43 Å². The molecule has 0 saturated heterocycles. The normalized spacial score (nSPS) is 8.00. The Hall–Kier alpha value is -0.580. The van der Waals surface area contributed by atoms with Crippen LogP contribution in [0.3, 0.4) is 0 Å². The summed E-state index contributed by atoms with van der Waals surface area (Å²) in [7, 11) is 0. The Morgan fingerprint density at radius 1 is 1.57 bits per heavy atom. The molecular weight excluding hydrogens is 98.1 g/mol. The van der Waals surface area contributed by atoms with Gasteiger partial charge in [0, 0.05) is 6.42 Å². The number of alkyl halides is 2. The second kappa shape index (κ2) is 3.60. The van der Waals surface area contributed by atoms with Crippen molar-refractivity contribution >= 4 is 0 Å². The van der Waals surface area contributed by atoms with Crippen molar-refractivity contribution in [1.29, 1.82) is 0 Å². The predicted octanol–water partition coefficient (Wildman–Crippen LogP) is 1.66. The van der Waals surface area contributed by atoms with Gasteiger partial charge >= 0.3 is 0 Å². The number of hydrogen-bond donors (Lipinski definition) is 0. The molecule has 0 N–H and O–H groups in total. The maximum Gasteiger partial charge on any atom is 0.298 e. The van der Waals surface area contributed by atoms with Gasteiger partial charge in [-0.15, -0.1) is 0 Å². The van der Waals surface area contributed by atoms with Crippen LogP contribution < -0.4 is 0 Å². The average Bonchev–Trinajstić information content (AvgIpc) is 1.61. The minimum atomic E-state index is -2.46. The van der Waals surface area contributed by atoms with E-state index in [-0.39, 0.29) is 0 Å².